The third-order valence-corrected chi connectivity index (χ3v) is 6.69. The number of amides is 2. The first kappa shape index (κ1) is 18.3. The van der Waals surface area contributed by atoms with E-state index >= 15 is 0 Å². The Morgan fingerprint density at radius 1 is 1.11 bits per heavy atom. The Morgan fingerprint density at radius 3 is 2.70 bits per heavy atom. The van der Waals surface area contributed by atoms with Crippen LogP contribution in [0, 0.1) is 24.7 Å². The largest absolute Gasteiger partial charge is 0.484 e. The predicted molar refractivity (Wildman–Crippen MR) is 103 cm³/mol. The van der Waals surface area contributed by atoms with Gasteiger partial charge in [0.1, 0.15) is 5.75 Å². The van der Waals surface area contributed by atoms with E-state index in [0.29, 0.717) is 17.6 Å². The van der Waals surface area contributed by atoms with Gasteiger partial charge in [-0.15, -0.1) is 0 Å². The number of benzene rings is 1. The highest BCUT2D eigenvalue weighted by atomic mass is 16.5. The maximum Gasteiger partial charge on any atom is 0.258 e. The molecule has 0 radical (unpaired) electrons. The van der Waals surface area contributed by atoms with Gasteiger partial charge >= 0.3 is 0 Å². The van der Waals surface area contributed by atoms with Crippen LogP contribution in [-0.2, 0) is 9.59 Å². The van der Waals surface area contributed by atoms with Crippen molar-refractivity contribution in [1.82, 2.24) is 10.6 Å². The fraction of sp³-hybridized carbons (Fsp3) is 0.636. The lowest BCUT2D eigenvalue weighted by atomic mass is 9.63. The third-order valence-electron chi connectivity index (χ3n) is 6.69. The van der Waals surface area contributed by atoms with Crippen molar-refractivity contribution < 1.29 is 14.3 Å². The Kier molecular flexibility index (Phi) is 5.37. The van der Waals surface area contributed by atoms with Crippen molar-refractivity contribution in [2.75, 3.05) is 6.61 Å². The van der Waals surface area contributed by atoms with Gasteiger partial charge in [-0.3, -0.25) is 9.59 Å². The zero-order valence-corrected chi connectivity index (χ0v) is 16.1. The fourth-order valence-electron chi connectivity index (χ4n) is 5.34. The van der Waals surface area contributed by atoms with E-state index in [2.05, 4.69) is 10.6 Å². The Morgan fingerprint density at radius 2 is 1.89 bits per heavy atom. The number of carbonyl (C=O) groups excluding carboxylic acids is 2. The number of carbonyl (C=O) groups is 2. The summed E-state index contributed by atoms with van der Waals surface area (Å²) in [6.45, 7) is 2.05. The molecular weight excluding hydrogens is 340 g/mol. The second kappa shape index (κ2) is 7.91. The van der Waals surface area contributed by atoms with Crippen LogP contribution >= 0.6 is 0 Å². The first-order valence-electron chi connectivity index (χ1n) is 10.4. The molecule has 2 saturated carbocycles. The Bertz CT molecular complexity index is 687. The molecule has 0 spiro atoms. The summed E-state index contributed by atoms with van der Waals surface area (Å²) in [5.74, 6) is 2.24. The maximum absolute atomic E-state index is 12.5. The zero-order valence-electron chi connectivity index (χ0n) is 16.1. The SMILES string of the molecule is Cc1ccc(OCC(=O)NC2CCC3C(C2)NC(=O)C2CCCCC23)cc1. The first-order chi connectivity index (χ1) is 13.1. The van der Waals surface area contributed by atoms with Gasteiger partial charge < -0.3 is 15.4 Å². The highest BCUT2D eigenvalue weighted by molar-refractivity contribution is 5.80. The number of hydrogen-bond donors (Lipinski definition) is 2. The number of fused-ring (bicyclic) bond motifs is 3. The van der Waals surface area contributed by atoms with Crippen molar-refractivity contribution in [2.24, 2.45) is 17.8 Å². The number of rotatable bonds is 4. The molecular formula is C22H30N2O3. The van der Waals surface area contributed by atoms with Crippen molar-refractivity contribution in [3.63, 3.8) is 0 Å². The lowest BCUT2D eigenvalue weighted by molar-refractivity contribution is -0.136. The molecule has 2 amide bonds. The summed E-state index contributed by atoms with van der Waals surface area (Å²) in [5.41, 5.74) is 1.17. The molecule has 2 N–H and O–H groups in total. The first-order valence-corrected chi connectivity index (χ1v) is 10.4. The monoisotopic (exact) mass is 370 g/mol. The molecule has 5 heteroatoms. The topological polar surface area (TPSA) is 67.4 Å². The van der Waals surface area contributed by atoms with Crippen LogP contribution in [0.15, 0.2) is 24.3 Å². The smallest absolute Gasteiger partial charge is 0.258 e. The van der Waals surface area contributed by atoms with Gasteiger partial charge in [-0.2, -0.15) is 0 Å². The van der Waals surface area contributed by atoms with Crippen LogP contribution in [0.1, 0.15) is 50.5 Å². The summed E-state index contributed by atoms with van der Waals surface area (Å²) in [6, 6.07) is 8.05. The minimum atomic E-state index is -0.0864. The molecule has 1 aromatic rings. The number of aryl methyl sites for hydroxylation is 1. The minimum Gasteiger partial charge on any atom is -0.484 e. The molecule has 5 atom stereocenters. The average Bonchev–Trinajstić information content (AvgIpc) is 2.68. The van der Waals surface area contributed by atoms with Crippen molar-refractivity contribution in [3.8, 4) is 5.75 Å². The Balaban J connectivity index is 1.28. The van der Waals surface area contributed by atoms with Crippen molar-refractivity contribution in [2.45, 2.75) is 64.0 Å². The van der Waals surface area contributed by atoms with E-state index in [4.69, 9.17) is 4.74 Å². The van der Waals surface area contributed by atoms with Crippen LogP contribution < -0.4 is 15.4 Å². The van der Waals surface area contributed by atoms with Gasteiger partial charge in [-0.25, -0.2) is 0 Å². The van der Waals surface area contributed by atoms with Gasteiger partial charge in [-0.1, -0.05) is 30.5 Å². The molecule has 0 bridgehead atoms. The van der Waals surface area contributed by atoms with E-state index < -0.39 is 0 Å². The van der Waals surface area contributed by atoms with Gasteiger partial charge in [0.15, 0.2) is 6.61 Å². The van der Waals surface area contributed by atoms with E-state index in [-0.39, 0.29) is 36.4 Å². The van der Waals surface area contributed by atoms with E-state index in [0.717, 1.165) is 25.7 Å². The van der Waals surface area contributed by atoms with E-state index in [1.807, 2.05) is 31.2 Å². The molecule has 5 nitrogen and oxygen atoms in total. The molecule has 3 fully saturated rings. The molecule has 2 aliphatic carbocycles. The van der Waals surface area contributed by atoms with E-state index in [1.165, 1.54) is 24.8 Å². The average molecular weight is 370 g/mol. The second-order valence-electron chi connectivity index (χ2n) is 8.51. The molecule has 27 heavy (non-hydrogen) atoms. The lowest BCUT2D eigenvalue weighted by Gasteiger charge is -2.49. The van der Waals surface area contributed by atoms with Gasteiger partial charge in [-0.05, 0) is 63.0 Å². The summed E-state index contributed by atoms with van der Waals surface area (Å²) in [7, 11) is 0. The number of piperidine rings is 1. The van der Waals surface area contributed by atoms with Crippen LogP contribution in [0.5, 0.6) is 5.75 Å². The lowest BCUT2D eigenvalue weighted by Crippen LogP contribution is -2.59. The standard InChI is InChI=1S/C22H30N2O3/c1-14-6-9-16(10-7-14)27-13-21(25)23-15-8-11-18-17-4-2-3-5-19(17)22(26)24-20(18)12-15/h6-7,9-10,15,17-20H,2-5,8,11-13H2,1H3,(H,23,25)(H,24,26). The normalized spacial score (nSPS) is 32.6. The van der Waals surface area contributed by atoms with Crippen molar-refractivity contribution in [1.29, 1.82) is 0 Å². The molecule has 1 heterocycles. The number of hydrogen-bond acceptors (Lipinski definition) is 3. The summed E-state index contributed by atoms with van der Waals surface area (Å²) in [4.78, 5) is 24.8. The number of ether oxygens (including phenoxy) is 1. The Labute approximate surface area is 161 Å². The van der Waals surface area contributed by atoms with Crippen LogP contribution in [0.3, 0.4) is 0 Å². The van der Waals surface area contributed by atoms with Crippen molar-refractivity contribution in [3.05, 3.63) is 29.8 Å². The van der Waals surface area contributed by atoms with Gasteiger partial charge in [0.2, 0.25) is 5.91 Å². The molecule has 1 aromatic carbocycles. The van der Waals surface area contributed by atoms with Crippen LogP contribution in [0.4, 0.5) is 0 Å². The fourth-order valence-corrected chi connectivity index (χ4v) is 5.34. The van der Waals surface area contributed by atoms with Crippen LogP contribution in [0.2, 0.25) is 0 Å². The Hall–Kier alpha value is -2.04. The molecule has 3 aliphatic rings. The summed E-state index contributed by atoms with van der Waals surface area (Å²) >= 11 is 0. The number of nitrogens with one attached hydrogen (secondary N) is 2. The van der Waals surface area contributed by atoms with Crippen LogP contribution in [0.25, 0.3) is 0 Å². The van der Waals surface area contributed by atoms with Crippen molar-refractivity contribution >= 4 is 11.8 Å². The van der Waals surface area contributed by atoms with Gasteiger partial charge in [0.25, 0.3) is 5.91 Å². The molecule has 1 aliphatic heterocycles. The van der Waals surface area contributed by atoms with Gasteiger partial charge in [0, 0.05) is 18.0 Å². The molecule has 1 saturated heterocycles. The highest BCUT2D eigenvalue weighted by Gasteiger charge is 2.46. The maximum atomic E-state index is 12.5. The highest BCUT2D eigenvalue weighted by Crippen LogP contribution is 2.44. The summed E-state index contributed by atoms with van der Waals surface area (Å²) < 4.78 is 5.58. The van der Waals surface area contributed by atoms with E-state index in [1.54, 1.807) is 0 Å². The zero-order chi connectivity index (χ0) is 18.8. The molecule has 0 aromatic heterocycles. The molecule has 5 unspecified atom stereocenters. The van der Waals surface area contributed by atoms with Gasteiger partial charge in [0.05, 0.1) is 0 Å². The summed E-state index contributed by atoms with van der Waals surface area (Å²) in [6.07, 6.45) is 7.62. The van der Waals surface area contributed by atoms with E-state index in [9.17, 15) is 9.59 Å². The summed E-state index contributed by atoms with van der Waals surface area (Å²) in [5, 5.41) is 6.37. The second-order valence-corrected chi connectivity index (χ2v) is 8.51. The predicted octanol–water partition coefficient (Wildman–Crippen LogP) is 2.96. The minimum absolute atomic E-state index is 0.0325. The van der Waals surface area contributed by atoms with Crippen LogP contribution in [-0.4, -0.2) is 30.5 Å². The molecule has 4 rings (SSSR count). The quantitative estimate of drug-likeness (QED) is 0.856. The third kappa shape index (κ3) is 4.12. The molecule has 146 valence electrons.